The number of nitrogens with zero attached hydrogens (tertiary/aromatic N) is 8. The average molecular weight is 617 g/mol. The van der Waals surface area contributed by atoms with Gasteiger partial charge in [0.15, 0.2) is 5.65 Å². The molecule has 6 heterocycles. The number of hydrogen-bond acceptors (Lipinski definition) is 9. The summed E-state index contributed by atoms with van der Waals surface area (Å²) in [5, 5.41) is 11.8. The lowest BCUT2D eigenvalue weighted by molar-refractivity contribution is 0.0767. The van der Waals surface area contributed by atoms with Crippen LogP contribution in [0.25, 0.3) is 28.0 Å². The molecule has 3 N–H and O–H groups in total. The quantitative estimate of drug-likeness (QED) is 0.255. The van der Waals surface area contributed by atoms with Gasteiger partial charge in [0, 0.05) is 53.8 Å². The Labute approximate surface area is 266 Å². The monoisotopic (exact) mass is 616 g/mol. The van der Waals surface area contributed by atoms with Crippen molar-refractivity contribution in [3.8, 4) is 22.4 Å². The smallest absolute Gasteiger partial charge is 0.295 e. The van der Waals surface area contributed by atoms with Crippen molar-refractivity contribution in [1.82, 2.24) is 39.7 Å². The van der Waals surface area contributed by atoms with Crippen LogP contribution in [0.1, 0.15) is 60.4 Å². The Balaban J connectivity index is 1.05. The normalized spacial score (nSPS) is 18.4. The summed E-state index contributed by atoms with van der Waals surface area (Å²) in [6, 6.07) is 14.2. The molecule has 2 aliphatic heterocycles. The SMILES string of the molecule is CC1=CN(C(=O)c2nc(N3CCOCC3)n[nH]2)[C@@H](CCc2nc3c(-c4ccc(-c5ccccc5)nc4)cnn3c(N)c2C2CC2)C1. The molecule has 8 rings (SSSR count). The third-order valence-corrected chi connectivity index (χ3v) is 9.16. The molecule has 2 fully saturated rings. The van der Waals surface area contributed by atoms with Gasteiger partial charge in [-0.1, -0.05) is 42.0 Å². The summed E-state index contributed by atoms with van der Waals surface area (Å²) in [6.07, 6.45) is 10.0. The van der Waals surface area contributed by atoms with E-state index in [2.05, 4.69) is 45.4 Å². The molecule has 5 aromatic rings. The highest BCUT2D eigenvalue weighted by Gasteiger charge is 2.34. The molecule has 1 amide bonds. The van der Waals surface area contributed by atoms with Crippen LogP contribution in [0.15, 0.2) is 66.6 Å². The maximum atomic E-state index is 13.7. The van der Waals surface area contributed by atoms with Crippen molar-refractivity contribution in [3.63, 3.8) is 0 Å². The number of nitrogen functional groups attached to an aromatic ring is 1. The third-order valence-electron chi connectivity index (χ3n) is 9.16. The number of aromatic nitrogens is 7. The summed E-state index contributed by atoms with van der Waals surface area (Å²) in [6.45, 7) is 4.72. The lowest BCUT2D eigenvalue weighted by Crippen LogP contribution is -2.37. The van der Waals surface area contributed by atoms with E-state index in [1.807, 2.05) is 52.7 Å². The van der Waals surface area contributed by atoms with Crippen LogP contribution in [0, 0.1) is 0 Å². The first kappa shape index (κ1) is 28.4. The number of rotatable bonds is 8. The molecule has 0 bridgehead atoms. The molecule has 1 aromatic carbocycles. The van der Waals surface area contributed by atoms with Crippen molar-refractivity contribution in [3.05, 3.63) is 83.7 Å². The molecule has 12 nitrogen and oxygen atoms in total. The van der Waals surface area contributed by atoms with E-state index in [-0.39, 0.29) is 17.8 Å². The zero-order chi connectivity index (χ0) is 31.2. The first-order valence-corrected chi connectivity index (χ1v) is 16.0. The number of hydrogen-bond donors (Lipinski definition) is 2. The molecule has 3 aliphatic rings. The number of amides is 1. The highest BCUT2D eigenvalue weighted by molar-refractivity contribution is 5.92. The van der Waals surface area contributed by atoms with E-state index in [4.69, 9.17) is 20.4 Å². The number of ether oxygens (including phenoxy) is 1. The van der Waals surface area contributed by atoms with E-state index >= 15 is 0 Å². The fourth-order valence-corrected chi connectivity index (χ4v) is 6.63. The number of morpholine rings is 1. The average Bonchev–Trinajstić information content (AvgIpc) is 3.46. The number of H-pyrrole nitrogens is 1. The second-order valence-corrected chi connectivity index (χ2v) is 12.4. The third kappa shape index (κ3) is 5.28. The van der Waals surface area contributed by atoms with Crippen molar-refractivity contribution >= 4 is 23.3 Å². The summed E-state index contributed by atoms with van der Waals surface area (Å²) in [5.74, 6) is 1.64. The largest absolute Gasteiger partial charge is 0.383 e. The Morgan fingerprint density at radius 3 is 2.63 bits per heavy atom. The number of pyridine rings is 1. The standard InChI is InChI=1S/C34H36N10O2/c1-21-17-25(43(20-21)33(45)31-39-34(41-40-31)42-13-15-46-16-14-42)10-12-28-29(23-7-8-23)30(35)44-32(38-28)26(19-37-44)24-9-11-27(36-18-24)22-5-3-2-4-6-22/h2-6,9,11,18-20,23,25H,7-8,10,12-17,35H2,1H3,(H,39,40,41)/t25-/m0/s1. The first-order valence-electron chi connectivity index (χ1n) is 16.0. The van der Waals surface area contributed by atoms with Crippen molar-refractivity contribution in [2.45, 2.75) is 51.0 Å². The first-order chi connectivity index (χ1) is 22.5. The number of fused-ring (bicyclic) bond motifs is 1. The van der Waals surface area contributed by atoms with E-state index in [9.17, 15) is 4.79 Å². The number of anilines is 2. The minimum atomic E-state index is -0.177. The Kier molecular flexibility index (Phi) is 7.21. The van der Waals surface area contributed by atoms with Crippen LogP contribution in [-0.2, 0) is 11.2 Å². The zero-order valence-electron chi connectivity index (χ0n) is 25.8. The van der Waals surface area contributed by atoms with Gasteiger partial charge in [-0.2, -0.15) is 14.6 Å². The predicted molar refractivity (Wildman–Crippen MR) is 174 cm³/mol. The van der Waals surface area contributed by atoms with E-state index in [0.717, 1.165) is 70.5 Å². The molecule has 234 valence electrons. The lowest BCUT2D eigenvalue weighted by atomic mass is 10.00. The minimum absolute atomic E-state index is 0.0187. The molecular weight excluding hydrogens is 580 g/mol. The molecule has 12 heteroatoms. The van der Waals surface area contributed by atoms with Crippen LogP contribution in [-0.4, -0.2) is 77.9 Å². The molecule has 4 aromatic heterocycles. The van der Waals surface area contributed by atoms with Gasteiger partial charge in [-0.3, -0.25) is 14.9 Å². The van der Waals surface area contributed by atoms with E-state index in [1.54, 1.807) is 4.52 Å². The number of benzene rings is 1. The Bertz CT molecular complexity index is 1920. The molecule has 0 spiro atoms. The topological polar surface area (TPSA) is 143 Å². The lowest BCUT2D eigenvalue weighted by Gasteiger charge is -2.25. The van der Waals surface area contributed by atoms with Gasteiger partial charge in [-0.05, 0) is 51.0 Å². The molecule has 0 unspecified atom stereocenters. The number of nitrogens with one attached hydrogen (secondary N) is 1. The predicted octanol–water partition coefficient (Wildman–Crippen LogP) is 4.62. The van der Waals surface area contributed by atoms with Crippen molar-refractivity contribution < 1.29 is 9.53 Å². The summed E-state index contributed by atoms with van der Waals surface area (Å²) in [7, 11) is 0. The molecule has 1 saturated heterocycles. The number of carbonyl (C=O) groups excluding carboxylic acids is 1. The van der Waals surface area contributed by atoms with Crippen molar-refractivity contribution in [1.29, 1.82) is 0 Å². The highest BCUT2D eigenvalue weighted by Crippen LogP contribution is 2.45. The second kappa shape index (κ2) is 11.7. The van der Waals surface area contributed by atoms with Crippen LogP contribution in [0.5, 0.6) is 0 Å². The van der Waals surface area contributed by atoms with Gasteiger partial charge in [0.25, 0.3) is 5.91 Å². The molecule has 1 atom stereocenters. The van der Waals surface area contributed by atoms with Crippen LogP contribution < -0.4 is 10.6 Å². The van der Waals surface area contributed by atoms with E-state index < -0.39 is 0 Å². The Morgan fingerprint density at radius 2 is 1.87 bits per heavy atom. The molecule has 0 radical (unpaired) electrons. The van der Waals surface area contributed by atoms with Crippen LogP contribution in [0.4, 0.5) is 11.8 Å². The van der Waals surface area contributed by atoms with Gasteiger partial charge in [0.1, 0.15) is 5.82 Å². The molecular formula is C34H36N10O2. The molecule has 46 heavy (non-hydrogen) atoms. The Hall–Kier alpha value is -5.10. The minimum Gasteiger partial charge on any atom is -0.383 e. The van der Waals surface area contributed by atoms with Crippen LogP contribution in [0.2, 0.25) is 0 Å². The summed E-state index contributed by atoms with van der Waals surface area (Å²) in [4.78, 5) is 32.0. The van der Waals surface area contributed by atoms with Gasteiger partial charge in [0.05, 0.1) is 30.8 Å². The summed E-state index contributed by atoms with van der Waals surface area (Å²) < 4.78 is 7.21. The molecule has 1 saturated carbocycles. The Morgan fingerprint density at radius 1 is 1.04 bits per heavy atom. The highest BCUT2D eigenvalue weighted by atomic mass is 16.5. The van der Waals surface area contributed by atoms with Gasteiger partial charge < -0.3 is 20.3 Å². The summed E-state index contributed by atoms with van der Waals surface area (Å²) >= 11 is 0. The number of aromatic amines is 1. The fourth-order valence-electron chi connectivity index (χ4n) is 6.63. The van der Waals surface area contributed by atoms with Gasteiger partial charge in [-0.25, -0.2) is 4.98 Å². The maximum absolute atomic E-state index is 13.7. The summed E-state index contributed by atoms with van der Waals surface area (Å²) in [5.41, 5.74) is 14.6. The van der Waals surface area contributed by atoms with E-state index in [0.29, 0.717) is 50.4 Å². The fraction of sp³-hybridized carbons (Fsp3) is 0.353. The zero-order valence-corrected chi connectivity index (χ0v) is 25.8. The van der Waals surface area contributed by atoms with Crippen LogP contribution >= 0.6 is 0 Å². The number of nitrogens with two attached hydrogens (primary N) is 1. The maximum Gasteiger partial charge on any atom is 0.295 e. The second-order valence-electron chi connectivity index (χ2n) is 12.4. The van der Waals surface area contributed by atoms with Gasteiger partial charge >= 0.3 is 0 Å². The number of aryl methyl sites for hydroxylation is 1. The van der Waals surface area contributed by atoms with Crippen molar-refractivity contribution in [2.75, 3.05) is 36.9 Å². The van der Waals surface area contributed by atoms with Gasteiger partial charge in [-0.15, -0.1) is 5.10 Å². The van der Waals surface area contributed by atoms with E-state index in [1.165, 1.54) is 0 Å². The van der Waals surface area contributed by atoms with Gasteiger partial charge in [0.2, 0.25) is 11.8 Å². The number of carbonyl (C=O) groups is 1. The molecule has 1 aliphatic carbocycles. The van der Waals surface area contributed by atoms with Crippen LogP contribution in [0.3, 0.4) is 0 Å². The van der Waals surface area contributed by atoms with Crippen molar-refractivity contribution in [2.24, 2.45) is 0 Å².